The average Bonchev–Trinajstić information content (AvgIpc) is 2.59. The number of unbranched alkanes of at least 4 members (excludes halogenated alkanes) is 1. The van der Waals surface area contributed by atoms with Gasteiger partial charge in [-0.25, -0.2) is 0 Å². The van der Waals surface area contributed by atoms with Gasteiger partial charge in [-0.2, -0.15) is 0 Å². The predicted octanol–water partition coefficient (Wildman–Crippen LogP) is 4.94. The second-order valence-electron chi connectivity index (χ2n) is 7.61. The summed E-state index contributed by atoms with van der Waals surface area (Å²) in [6.07, 6.45) is 8.76. The normalized spacial score (nSPS) is 26.5. The second kappa shape index (κ2) is 5.88. The Labute approximate surface area is 110 Å². The Morgan fingerprint density at radius 3 is 2.35 bits per heavy atom. The van der Waals surface area contributed by atoms with Crippen molar-refractivity contribution in [3.05, 3.63) is 0 Å². The molecule has 0 spiro atoms. The van der Waals surface area contributed by atoms with Crippen LogP contribution in [0.25, 0.3) is 0 Å². The van der Waals surface area contributed by atoms with E-state index in [4.69, 9.17) is 0 Å². The Morgan fingerprint density at radius 2 is 1.82 bits per heavy atom. The molecule has 0 aromatic heterocycles. The molecule has 2 atom stereocenters. The van der Waals surface area contributed by atoms with Gasteiger partial charge in [0.1, 0.15) is 8.24 Å². The van der Waals surface area contributed by atoms with Gasteiger partial charge in [-0.1, -0.05) is 52.1 Å². The van der Waals surface area contributed by atoms with E-state index >= 15 is 0 Å². The molecule has 1 rings (SSSR count). The summed E-state index contributed by atoms with van der Waals surface area (Å²) in [6.45, 7) is 14.3. The highest BCUT2D eigenvalue weighted by atomic mass is 28.3. The van der Waals surface area contributed by atoms with Crippen molar-refractivity contribution in [2.24, 2.45) is 5.92 Å². The summed E-state index contributed by atoms with van der Waals surface area (Å²) in [7, 11) is -1.24. The molecule has 102 valence electrons. The summed E-state index contributed by atoms with van der Waals surface area (Å²) in [4.78, 5) is 3.95. The maximum Gasteiger partial charge on any atom is 0.122 e. The molecule has 1 saturated carbocycles. The maximum absolute atomic E-state index is 3.95. The minimum atomic E-state index is -1.24. The van der Waals surface area contributed by atoms with Crippen molar-refractivity contribution in [3.63, 3.8) is 0 Å². The number of hydrogen-bond donors (Lipinski definition) is 1. The molecule has 1 nitrogen and oxygen atoms in total. The zero-order chi connectivity index (χ0) is 13.1. The monoisotopic (exact) mass is 255 g/mol. The van der Waals surface area contributed by atoms with Gasteiger partial charge < -0.3 is 4.98 Å². The molecule has 0 aromatic rings. The summed E-state index contributed by atoms with van der Waals surface area (Å²) in [5, 5.41) is 0. The van der Waals surface area contributed by atoms with Gasteiger partial charge in [-0.15, -0.1) is 0 Å². The van der Waals surface area contributed by atoms with Gasteiger partial charge >= 0.3 is 0 Å². The van der Waals surface area contributed by atoms with Crippen LogP contribution >= 0.6 is 0 Å². The molecule has 0 amide bonds. The first-order valence-electron chi connectivity index (χ1n) is 7.54. The van der Waals surface area contributed by atoms with E-state index in [9.17, 15) is 0 Å². The van der Waals surface area contributed by atoms with Gasteiger partial charge in [0.05, 0.1) is 0 Å². The molecular weight excluding hydrogens is 222 g/mol. The Kier molecular flexibility index (Phi) is 5.27. The molecule has 1 aliphatic carbocycles. The van der Waals surface area contributed by atoms with Crippen LogP contribution in [0.5, 0.6) is 0 Å². The van der Waals surface area contributed by atoms with Crippen molar-refractivity contribution in [3.8, 4) is 0 Å². The van der Waals surface area contributed by atoms with Crippen molar-refractivity contribution >= 4 is 8.24 Å². The van der Waals surface area contributed by atoms with Gasteiger partial charge in [0, 0.05) is 5.54 Å². The fourth-order valence-corrected chi connectivity index (χ4v) is 7.50. The van der Waals surface area contributed by atoms with E-state index in [2.05, 4.69) is 45.8 Å². The highest BCUT2D eigenvalue weighted by Crippen LogP contribution is 2.43. The first kappa shape index (κ1) is 15.2. The molecule has 0 bridgehead atoms. The van der Waals surface area contributed by atoms with E-state index in [0.717, 1.165) is 11.5 Å². The van der Waals surface area contributed by atoms with E-state index in [0.29, 0.717) is 0 Å². The van der Waals surface area contributed by atoms with E-state index in [1.165, 1.54) is 38.5 Å². The van der Waals surface area contributed by atoms with E-state index in [-0.39, 0.29) is 5.54 Å². The Bertz CT molecular complexity index is 230. The zero-order valence-corrected chi connectivity index (χ0v) is 13.9. The molecule has 0 radical (unpaired) electrons. The highest BCUT2D eigenvalue weighted by molar-refractivity contribution is 6.76. The van der Waals surface area contributed by atoms with Gasteiger partial charge in [0.15, 0.2) is 0 Å². The van der Waals surface area contributed by atoms with Crippen LogP contribution in [0.3, 0.4) is 0 Å². The third kappa shape index (κ3) is 5.13. The molecule has 1 N–H and O–H groups in total. The minimum absolute atomic E-state index is 0.289. The van der Waals surface area contributed by atoms with Gasteiger partial charge in [-0.3, -0.25) is 0 Å². The standard InChI is InChI=1S/C15H33NSi/c1-7-8-9-13-10-11-14(12-13)17(5,6)16-15(2,3)4/h13-14,16H,7-12H2,1-6H3. The summed E-state index contributed by atoms with van der Waals surface area (Å²) >= 11 is 0. The molecule has 0 aromatic carbocycles. The molecule has 2 heteroatoms. The van der Waals surface area contributed by atoms with Crippen LogP contribution in [0.1, 0.15) is 66.2 Å². The Morgan fingerprint density at radius 1 is 1.18 bits per heavy atom. The number of nitrogens with one attached hydrogen (secondary N) is 1. The van der Waals surface area contributed by atoms with Crippen LogP contribution in [-0.4, -0.2) is 13.8 Å². The second-order valence-corrected chi connectivity index (χ2v) is 12.1. The largest absolute Gasteiger partial charge is 0.332 e. The predicted molar refractivity (Wildman–Crippen MR) is 81.0 cm³/mol. The summed E-state index contributed by atoms with van der Waals surface area (Å²) in [6, 6.07) is 0. The smallest absolute Gasteiger partial charge is 0.122 e. The van der Waals surface area contributed by atoms with Crippen LogP contribution < -0.4 is 4.98 Å². The van der Waals surface area contributed by atoms with Gasteiger partial charge in [0.25, 0.3) is 0 Å². The minimum Gasteiger partial charge on any atom is -0.332 e. The lowest BCUT2D eigenvalue weighted by Gasteiger charge is -2.37. The SMILES string of the molecule is CCCCC1CCC([Si](C)(C)NC(C)(C)C)C1. The van der Waals surface area contributed by atoms with Crippen molar-refractivity contribution in [2.45, 2.75) is 90.4 Å². The summed E-state index contributed by atoms with van der Waals surface area (Å²) < 4.78 is 0. The van der Waals surface area contributed by atoms with Crippen molar-refractivity contribution in [1.29, 1.82) is 0 Å². The number of hydrogen-bond acceptors (Lipinski definition) is 1. The van der Waals surface area contributed by atoms with Crippen molar-refractivity contribution in [1.82, 2.24) is 4.98 Å². The molecule has 0 saturated heterocycles. The van der Waals surface area contributed by atoms with Crippen LogP contribution in [0.15, 0.2) is 0 Å². The average molecular weight is 256 g/mol. The molecule has 2 unspecified atom stereocenters. The lowest BCUT2D eigenvalue weighted by Crippen LogP contribution is -2.56. The summed E-state index contributed by atoms with van der Waals surface area (Å²) in [5.74, 6) is 1.04. The van der Waals surface area contributed by atoms with Crippen molar-refractivity contribution < 1.29 is 0 Å². The fraction of sp³-hybridized carbons (Fsp3) is 1.00. The van der Waals surface area contributed by atoms with Crippen LogP contribution in [0.2, 0.25) is 18.6 Å². The topological polar surface area (TPSA) is 12.0 Å². The molecular formula is C15H33NSi. The lowest BCUT2D eigenvalue weighted by atomic mass is 10.0. The first-order chi connectivity index (χ1) is 7.74. The van der Waals surface area contributed by atoms with Gasteiger partial charge in [-0.05, 0) is 38.7 Å². The fourth-order valence-electron chi connectivity index (χ4n) is 3.55. The van der Waals surface area contributed by atoms with E-state index in [1.54, 1.807) is 0 Å². The zero-order valence-electron chi connectivity index (χ0n) is 12.9. The van der Waals surface area contributed by atoms with Crippen LogP contribution in [-0.2, 0) is 0 Å². The molecule has 1 fully saturated rings. The highest BCUT2D eigenvalue weighted by Gasteiger charge is 2.39. The molecule has 0 heterocycles. The number of rotatable bonds is 5. The summed E-state index contributed by atoms with van der Waals surface area (Å²) in [5.41, 5.74) is 1.29. The van der Waals surface area contributed by atoms with E-state index < -0.39 is 8.24 Å². The van der Waals surface area contributed by atoms with Crippen LogP contribution in [0.4, 0.5) is 0 Å². The van der Waals surface area contributed by atoms with E-state index in [1.807, 2.05) is 0 Å². The van der Waals surface area contributed by atoms with Gasteiger partial charge in [0.2, 0.25) is 0 Å². The van der Waals surface area contributed by atoms with Crippen LogP contribution in [0, 0.1) is 5.92 Å². The Balaban J connectivity index is 2.46. The quantitative estimate of drug-likeness (QED) is 0.686. The maximum atomic E-state index is 3.95. The third-order valence-electron chi connectivity index (χ3n) is 4.22. The Hall–Kier alpha value is 0.177. The lowest BCUT2D eigenvalue weighted by molar-refractivity contribution is 0.474. The first-order valence-corrected chi connectivity index (χ1v) is 10.6. The van der Waals surface area contributed by atoms with Crippen molar-refractivity contribution in [2.75, 3.05) is 0 Å². The molecule has 17 heavy (non-hydrogen) atoms. The molecule has 1 aliphatic rings. The third-order valence-corrected chi connectivity index (χ3v) is 8.18. The molecule has 0 aliphatic heterocycles.